The molecule has 150 valence electrons. The first-order valence-corrected chi connectivity index (χ1v) is 8.85. The number of nitro benzene ring substituents is 2. The van der Waals surface area contributed by atoms with Crippen LogP contribution in [0.1, 0.15) is 16.7 Å². The first-order valence-electron chi connectivity index (χ1n) is 8.85. The van der Waals surface area contributed by atoms with Gasteiger partial charge in [-0.05, 0) is 24.3 Å². The number of hydrogen-bond acceptors (Lipinski definition) is 4. The van der Waals surface area contributed by atoms with Crippen molar-refractivity contribution < 1.29 is 27.2 Å². The molecule has 1 N–H and O–H groups in total. The van der Waals surface area contributed by atoms with E-state index in [2.05, 4.69) is 12.1 Å². The van der Waals surface area contributed by atoms with Gasteiger partial charge in [0.1, 0.15) is 19.6 Å². The van der Waals surface area contributed by atoms with Crippen molar-refractivity contribution in [2.24, 2.45) is 0 Å². The molecular formula is C21H20ClN3O4. The van der Waals surface area contributed by atoms with Crippen molar-refractivity contribution in [3.8, 4) is 0 Å². The fourth-order valence-corrected chi connectivity index (χ4v) is 3.12. The zero-order chi connectivity index (χ0) is 19.9. The average molecular weight is 414 g/mol. The summed E-state index contributed by atoms with van der Waals surface area (Å²) in [5.41, 5.74) is 3.32. The second-order valence-corrected chi connectivity index (χ2v) is 6.61. The summed E-state index contributed by atoms with van der Waals surface area (Å²) in [7, 11) is 0. The molecule has 0 saturated carbocycles. The number of non-ortho nitro benzene ring substituents is 2. The quantitative estimate of drug-likeness (QED) is 0.424. The van der Waals surface area contributed by atoms with Crippen molar-refractivity contribution >= 4 is 11.4 Å². The number of nitrogens with zero attached hydrogens (tertiary/aromatic N) is 2. The van der Waals surface area contributed by atoms with E-state index < -0.39 is 9.85 Å². The highest BCUT2D eigenvalue weighted by atomic mass is 35.5. The molecule has 0 aliphatic heterocycles. The van der Waals surface area contributed by atoms with Gasteiger partial charge in [0.2, 0.25) is 0 Å². The van der Waals surface area contributed by atoms with Crippen LogP contribution < -0.4 is 17.3 Å². The van der Waals surface area contributed by atoms with Gasteiger partial charge in [0.05, 0.1) is 9.85 Å². The Bertz CT molecular complexity index is 888. The normalized spacial score (nSPS) is 10.4. The summed E-state index contributed by atoms with van der Waals surface area (Å²) in [6.45, 7) is 2.14. The number of rotatable bonds is 8. The predicted molar refractivity (Wildman–Crippen MR) is 105 cm³/mol. The number of quaternary nitrogens is 1. The summed E-state index contributed by atoms with van der Waals surface area (Å²) < 4.78 is 0. The van der Waals surface area contributed by atoms with Gasteiger partial charge in [-0.1, -0.05) is 30.3 Å². The molecule has 0 bridgehead atoms. The molecule has 0 fully saturated rings. The van der Waals surface area contributed by atoms with Crippen molar-refractivity contribution in [3.63, 3.8) is 0 Å². The largest absolute Gasteiger partial charge is 1.00 e. The van der Waals surface area contributed by atoms with E-state index in [0.29, 0.717) is 13.1 Å². The molecule has 8 heteroatoms. The van der Waals surface area contributed by atoms with Crippen LogP contribution in [0.3, 0.4) is 0 Å². The van der Waals surface area contributed by atoms with Crippen molar-refractivity contribution in [3.05, 3.63) is 116 Å². The van der Waals surface area contributed by atoms with E-state index in [1.807, 2.05) is 18.2 Å². The van der Waals surface area contributed by atoms with Crippen LogP contribution in [-0.2, 0) is 19.6 Å². The van der Waals surface area contributed by atoms with E-state index in [-0.39, 0.29) is 23.8 Å². The first kappa shape index (κ1) is 22.0. The molecule has 0 amide bonds. The highest BCUT2D eigenvalue weighted by Gasteiger charge is 2.14. The summed E-state index contributed by atoms with van der Waals surface area (Å²) in [6, 6.07) is 23.2. The van der Waals surface area contributed by atoms with Gasteiger partial charge in [0.15, 0.2) is 0 Å². The Hall–Kier alpha value is -3.29. The maximum atomic E-state index is 10.8. The molecule has 0 heterocycles. The van der Waals surface area contributed by atoms with Gasteiger partial charge >= 0.3 is 0 Å². The number of halogens is 1. The zero-order valence-corrected chi connectivity index (χ0v) is 16.3. The van der Waals surface area contributed by atoms with Gasteiger partial charge in [-0.3, -0.25) is 20.2 Å². The Morgan fingerprint density at radius 3 is 1.28 bits per heavy atom. The first-order chi connectivity index (χ1) is 13.5. The molecule has 0 atom stereocenters. The number of nitrogens with one attached hydrogen (secondary N) is 1. The van der Waals surface area contributed by atoms with Crippen molar-refractivity contribution in [2.75, 3.05) is 0 Å². The predicted octanol–water partition coefficient (Wildman–Crippen LogP) is 0.292. The van der Waals surface area contributed by atoms with Crippen LogP contribution in [0.2, 0.25) is 0 Å². The van der Waals surface area contributed by atoms with Gasteiger partial charge < -0.3 is 17.3 Å². The molecule has 7 nitrogen and oxygen atoms in total. The van der Waals surface area contributed by atoms with E-state index in [4.69, 9.17) is 0 Å². The Morgan fingerprint density at radius 2 is 0.931 bits per heavy atom. The molecule has 0 radical (unpaired) electrons. The fraction of sp³-hybridized carbons (Fsp3) is 0.143. The van der Waals surface area contributed by atoms with Crippen LogP contribution in [0, 0.1) is 20.2 Å². The van der Waals surface area contributed by atoms with Crippen molar-refractivity contribution in [1.82, 2.24) is 0 Å². The summed E-state index contributed by atoms with van der Waals surface area (Å²) in [4.78, 5) is 22.1. The maximum absolute atomic E-state index is 10.8. The third-order valence-corrected chi connectivity index (χ3v) is 4.50. The smallest absolute Gasteiger partial charge is 0.269 e. The Balaban J connectivity index is 0.00000300. The van der Waals surface area contributed by atoms with Gasteiger partial charge in [-0.15, -0.1) is 0 Å². The van der Waals surface area contributed by atoms with E-state index in [1.54, 1.807) is 24.3 Å². The number of benzene rings is 3. The Labute approximate surface area is 174 Å². The van der Waals surface area contributed by atoms with E-state index >= 15 is 0 Å². The summed E-state index contributed by atoms with van der Waals surface area (Å²) in [6.07, 6.45) is 0. The molecule has 3 rings (SSSR count). The standard InChI is InChI=1S/C21H19N3O4.ClH/c25-23(26)20-10-6-18(7-11-20)15-22(14-17-4-2-1-3-5-17)16-19-8-12-21(13-9-19)24(27)28;/h1-13H,14-16H2;1H. The molecule has 0 spiro atoms. The van der Waals surface area contributed by atoms with Crippen LogP contribution in [-0.4, -0.2) is 9.85 Å². The van der Waals surface area contributed by atoms with E-state index in [0.717, 1.165) is 17.7 Å². The monoisotopic (exact) mass is 413 g/mol. The average Bonchev–Trinajstić information content (AvgIpc) is 2.69. The minimum Gasteiger partial charge on any atom is -1.00 e. The third-order valence-electron chi connectivity index (χ3n) is 4.50. The van der Waals surface area contributed by atoms with E-state index in [1.165, 1.54) is 34.7 Å². The summed E-state index contributed by atoms with van der Waals surface area (Å²) in [5.74, 6) is 0. The molecule has 3 aromatic rings. The molecular weight excluding hydrogens is 394 g/mol. The van der Waals surface area contributed by atoms with Crippen LogP contribution >= 0.6 is 0 Å². The third kappa shape index (κ3) is 6.38. The maximum Gasteiger partial charge on any atom is 0.269 e. The minimum absolute atomic E-state index is 0. The minimum atomic E-state index is -0.407. The number of hydrogen-bond donors (Lipinski definition) is 1. The molecule has 0 aliphatic carbocycles. The van der Waals surface area contributed by atoms with Crippen LogP contribution in [0.5, 0.6) is 0 Å². The molecule has 0 aliphatic rings. The second-order valence-electron chi connectivity index (χ2n) is 6.61. The summed E-state index contributed by atoms with van der Waals surface area (Å²) in [5, 5.41) is 21.7. The van der Waals surface area contributed by atoms with Gasteiger partial charge in [0.25, 0.3) is 11.4 Å². The molecule has 0 unspecified atom stereocenters. The van der Waals surface area contributed by atoms with Gasteiger partial charge in [0, 0.05) is 41.0 Å². The van der Waals surface area contributed by atoms with Crippen LogP contribution in [0.4, 0.5) is 11.4 Å². The van der Waals surface area contributed by atoms with Crippen LogP contribution in [0.25, 0.3) is 0 Å². The van der Waals surface area contributed by atoms with Gasteiger partial charge in [-0.2, -0.15) is 0 Å². The van der Waals surface area contributed by atoms with Crippen LogP contribution in [0.15, 0.2) is 78.9 Å². The van der Waals surface area contributed by atoms with Crippen molar-refractivity contribution in [1.29, 1.82) is 0 Å². The summed E-state index contributed by atoms with van der Waals surface area (Å²) >= 11 is 0. The molecule has 3 aromatic carbocycles. The number of nitro groups is 2. The molecule has 29 heavy (non-hydrogen) atoms. The van der Waals surface area contributed by atoms with Gasteiger partial charge in [-0.25, -0.2) is 0 Å². The van der Waals surface area contributed by atoms with E-state index in [9.17, 15) is 20.2 Å². The SMILES string of the molecule is O=[N+]([O-])c1ccc(C[NH+](Cc2ccccc2)Cc2ccc([N+](=O)[O-])cc2)cc1.[Cl-]. The zero-order valence-electron chi connectivity index (χ0n) is 15.5. The second kappa shape index (κ2) is 10.3. The highest BCUT2D eigenvalue weighted by Crippen LogP contribution is 2.13. The van der Waals surface area contributed by atoms with Crippen molar-refractivity contribution in [2.45, 2.75) is 19.6 Å². The Kier molecular flexibility index (Phi) is 7.82. The topological polar surface area (TPSA) is 90.7 Å². The fourth-order valence-electron chi connectivity index (χ4n) is 3.12. The lowest BCUT2D eigenvalue weighted by molar-refractivity contribution is -0.941. The lowest BCUT2D eigenvalue weighted by Gasteiger charge is -2.20. The molecule has 0 aromatic heterocycles. The lowest BCUT2D eigenvalue weighted by Crippen LogP contribution is -3.08. The lowest BCUT2D eigenvalue weighted by atomic mass is 10.1. The molecule has 0 saturated heterocycles. The Morgan fingerprint density at radius 1 is 0.586 bits per heavy atom. The highest BCUT2D eigenvalue weighted by molar-refractivity contribution is 5.33.